The van der Waals surface area contributed by atoms with Crippen molar-refractivity contribution in [3.63, 3.8) is 0 Å². The summed E-state index contributed by atoms with van der Waals surface area (Å²) in [5, 5.41) is 0. The minimum Gasteiger partial charge on any atom is -0.381 e. The lowest BCUT2D eigenvalue weighted by Gasteiger charge is -2.38. The molecule has 4 fully saturated rings. The van der Waals surface area contributed by atoms with Crippen LogP contribution in [0.2, 0.25) is 0 Å². The number of ether oxygens (including phenoxy) is 1. The van der Waals surface area contributed by atoms with E-state index in [1.54, 1.807) is 6.42 Å². The molecule has 4 aliphatic carbocycles. The minimum absolute atomic E-state index is 0.962. The van der Waals surface area contributed by atoms with Crippen molar-refractivity contribution in [2.75, 3.05) is 13.2 Å². The number of rotatable bonds is 0. The quantitative estimate of drug-likeness (QED) is 0.433. The SMILES string of the molecule is C1=CC2CC1C1C3CC(C4COCC43)C21. The molecule has 1 heterocycles. The van der Waals surface area contributed by atoms with Crippen LogP contribution in [-0.2, 0) is 4.74 Å². The van der Waals surface area contributed by atoms with Gasteiger partial charge in [-0.05, 0) is 60.2 Å². The number of allylic oxidation sites excluding steroid dienone is 2. The second-order valence-corrected chi connectivity index (χ2v) is 6.53. The number of hydrogen-bond acceptors (Lipinski definition) is 1. The van der Waals surface area contributed by atoms with E-state index in [0.29, 0.717) is 0 Å². The normalized spacial score (nSPS) is 67.7. The average Bonchev–Trinajstić information content (AvgIpc) is 3.03. The zero-order valence-electron chi connectivity index (χ0n) is 9.01. The lowest BCUT2D eigenvalue weighted by atomic mass is 9.66. The highest BCUT2D eigenvalue weighted by molar-refractivity contribution is 5.22. The fourth-order valence-corrected chi connectivity index (χ4v) is 6.12. The minimum atomic E-state index is 0.962. The summed E-state index contributed by atoms with van der Waals surface area (Å²) in [4.78, 5) is 0. The van der Waals surface area contributed by atoms with Crippen LogP contribution >= 0.6 is 0 Å². The molecule has 8 unspecified atom stereocenters. The molecule has 0 amide bonds. The zero-order valence-corrected chi connectivity index (χ0v) is 9.01. The van der Waals surface area contributed by atoms with Gasteiger partial charge >= 0.3 is 0 Å². The van der Waals surface area contributed by atoms with Gasteiger partial charge in [-0.2, -0.15) is 0 Å². The smallest absolute Gasteiger partial charge is 0.0500 e. The molecule has 1 aliphatic heterocycles. The van der Waals surface area contributed by atoms with E-state index in [1.807, 2.05) is 0 Å². The molecule has 0 radical (unpaired) electrons. The topological polar surface area (TPSA) is 9.23 Å². The van der Waals surface area contributed by atoms with Crippen molar-refractivity contribution in [1.29, 1.82) is 0 Å². The Morgan fingerprint density at radius 1 is 0.733 bits per heavy atom. The molecule has 5 rings (SSSR count). The Morgan fingerprint density at radius 2 is 1.33 bits per heavy atom. The van der Waals surface area contributed by atoms with E-state index in [-0.39, 0.29) is 0 Å². The van der Waals surface area contributed by atoms with Gasteiger partial charge in [0.1, 0.15) is 0 Å². The molecule has 4 bridgehead atoms. The van der Waals surface area contributed by atoms with Crippen LogP contribution in [0.25, 0.3) is 0 Å². The third kappa shape index (κ3) is 0.730. The highest BCUT2D eigenvalue weighted by Gasteiger charge is 2.65. The maximum Gasteiger partial charge on any atom is 0.0500 e. The molecule has 0 N–H and O–H groups in total. The molecule has 0 spiro atoms. The van der Waals surface area contributed by atoms with E-state index < -0.39 is 0 Å². The van der Waals surface area contributed by atoms with E-state index in [0.717, 1.165) is 60.6 Å². The van der Waals surface area contributed by atoms with Crippen LogP contribution in [0.5, 0.6) is 0 Å². The molecule has 1 heteroatoms. The van der Waals surface area contributed by atoms with E-state index in [9.17, 15) is 0 Å². The summed E-state index contributed by atoms with van der Waals surface area (Å²) in [7, 11) is 0. The lowest BCUT2D eigenvalue weighted by Crippen LogP contribution is -2.36. The maximum atomic E-state index is 5.73. The Hall–Kier alpha value is -0.300. The van der Waals surface area contributed by atoms with Gasteiger partial charge in [-0.3, -0.25) is 0 Å². The van der Waals surface area contributed by atoms with E-state index in [1.165, 1.54) is 6.42 Å². The Kier molecular flexibility index (Phi) is 1.23. The van der Waals surface area contributed by atoms with Gasteiger partial charge in [0.25, 0.3) is 0 Å². The second-order valence-electron chi connectivity index (χ2n) is 6.53. The van der Waals surface area contributed by atoms with Gasteiger partial charge in [-0.15, -0.1) is 0 Å². The van der Waals surface area contributed by atoms with Crippen LogP contribution in [-0.4, -0.2) is 13.2 Å². The molecule has 3 saturated carbocycles. The molecule has 0 aromatic rings. The first kappa shape index (κ1) is 7.89. The predicted molar refractivity (Wildman–Crippen MR) is 57.1 cm³/mol. The predicted octanol–water partition coefficient (Wildman–Crippen LogP) is 2.34. The molecular weight excluding hydrogens is 184 g/mol. The molecular formula is C14H18O. The third-order valence-electron chi connectivity index (χ3n) is 6.39. The van der Waals surface area contributed by atoms with Crippen LogP contribution in [0.15, 0.2) is 12.2 Å². The lowest BCUT2D eigenvalue weighted by molar-refractivity contribution is 0.119. The summed E-state index contributed by atoms with van der Waals surface area (Å²) < 4.78 is 5.73. The molecule has 5 aliphatic rings. The summed E-state index contributed by atoms with van der Waals surface area (Å²) in [5.41, 5.74) is 0. The zero-order chi connectivity index (χ0) is 9.57. The fourth-order valence-electron chi connectivity index (χ4n) is 6.12. The Bertz CT molecular complexity index is 317. The van der Waals surface area contributed by atoms with Gasteiger partial charge in [0.05, 0.1) is 13.2 Å². The maximum absolute atomic E-state index is 5.73. The largest absolute Gasteiger partial charge is 0.381 e. The van der Waals surface area contributed by atoms with Gasteiger partial charge in [0, 0.05) is 0 Å². The highest BCUT2D eigenvalue weighted by Crippen LogP contribution is 2.69. The van der Waals surface area contributed by atoms with Crippen LogP contribution in [0.4, 0.5) is 0 Å². The molecule has 8 atom stereocenters. The molecule has 1 saturated heterocycles. The van der Waals surface area contributed by atoms with Crippen molar-refractivity contribution in [1.82, 2.24) is 0 Å². The van der Waals surface area contributed by atoms with Gasteiger partial charge in [0.2, 0.25) is 0 Å². The number of fused-ring (bicyclic) bond motifs is 12. The van der Waals surface area contributed by atoms with Crippen molar-refractivity contribution in [3.8, 4) is 0 Å². The average molecular weight is 202 g/mol. The number of hydrogen-bond donors (Lipinski definition) is 0. The van der Waals surface area contributed by atoms with Crippen molar-refractivity contribution >= 4 is 0 Å². The van der Waals surface area contributed by atoms with Gasteiger partial charge in [-0.1, -0.05) is 12.2 Å². The van der Waals surface area contributed by atoms with Gasteiger partial charge in [0.15, 0.2) is 0 Å². The Morgan fingerprint density at radius 3 is 1.93 bits per heavy atom. The third-order valence-corrected chi connectivity index (χ3v) is 6.39. The van der Waals surface area contributed by atoms with Crippen molar-refractivity contribution in [2.45, 2.75) is 12.8 Å². The van der Waals surface area contributed by atoms with Crippen molar-refractivity contribution in [2.24, 2.45) is 47.3 Å². The monoisotopic (exact) mass is 202 g/mol. The standard InChI is InChI=1S/C14H18O/c1-2-8-3-7(1)13-9-4-10(14(8)13)12-6-15-5-11(9)12/h1-2,7-14H,3-6H2. The van der Waals surface area contributed by atoms with E-state index >= 15 is 0 Å². The second kappa shape index (κ2) is 2.34. The first-order valence-electron chi connectivity index (χ1n) is 6.69. The van der Waals surface area contributed by atoms with E-state index in [2.05, 4.69) is 12.2 Å². The first-order valence-corrected chi connectivity index (χ1v) is 6.69. The summed E-state index contributed by atoms with van der Waals surface area (Å²) in [5.74, 6) is 8.11. The van der Waals surface area contributed by atoms with Crippen LogP contribution in [0.3, 0.4) is 0 Å². The first-order chi connectivity index (χ1) is 7.43. The summed E-state index contributed by atoms with van der Waals surface area (Å²) >= 11 is 0. The molecule has 0 aromatic carbocycles. The summed E-state index contributed by atoms with van der Waals surface area (Å²) in [6, 6.07) is 0. The molecule has 80 valence electrons. The summed E-state index contributed by atoms with van der Waals surface area (Å²) in [6.45, 7) is 2.19. The molecule has 0 aromatic heterocycles. The van der Waals surface area contributed by atoms with Gasteiger partial charge in [-0.25, -0.2) is 0 Å². The fraction of sp³-hybridized carbons (Fsp3) is 0.857. The Balaban J connectivity index is 1.62. The van der Waals surface area contributed by atoms with Crippen LogP contribution in [0.1, 0.15) is 12.8 Å². The van der Waals surface area contributed by atoms with Crippen LogP contribution < -0.4 is 0 Å². The van der Waals surface area contributed by atoms with Gasteiger partial charge < -0.3 is 4.74 Å². The summed E-state index contributed by atoms with van der Waals surface area (Å²) in [6.07, 6.45) is 8.14. The van der Waals surface area contributed by atoms with Crippen molar-refractivity contribution in [3.05, 3.63) is 12.2 Å². The molecule has 1 nitrogen and oxygen atoms in total. The van der Waals surface area contributed by atoms with Crippen LogP contribution in [0, 0.1) is 47.3 Å². The van der Waals surface area contributed by atoms with E-state index in [4.69, 9.17) is 4.74 Å². The Labute approximate surface area is 90.9 Å². The highest BCUT2D eigenvalue weighted by atomic mass is 16.5. The molecule has 15 heavy (non-hydrogen) atoms. The van der Waals surface area contributed by atoms with Crippen molar-refractivity contribution < 1.29 is 4.74 Å².